The van der Waals surface area contributed by atoms with E-state index in [1.807, 2.05) is 91.5 Å². The summed E-state index contributed by atoms with van der Waals surface area (Å²) in [5.74, 6) is -0.342. The quantitative estimate of drug-likeness (QED) is 0.194. The minimum absolute atomic E-state index is 0.170. The van der Waals surface area contributed by atoms with E-state index in [-0.39, 0.29) is 48.9 Å². The van der Waals surface area contributed by atoms with Gasteiger partial charge in [0.15, 0.2) is 0 Å². The number of carbonyl (C=O) groups is 3. The molecular weight excluding hydrogens is 606 g/mol. The SMILES string of the molecule is C[C@@H]1CN([C@@H](C)CO)C(=O)c2cc(NC(=O)Cc3cn(C)c4ccccc34)ccc2O[C@H]1CN(C)C(=O)Nc1cccc2ccccc12. The number of urea groups is 1. The van der Waals surface area contributed by atoms with Crippen LogP contribution in [0.5, 0.6) is 5.75 Å². The number of anilines is 2. The number of fused-ring (bicyclic) bond motifs is 3. The number of aryl methyl sites for hydroxylation is 1. The fourth-order valence-electron chi connectivity index (χ4n) is 6.36. The van der Waals surface area contributed by atoms with E-state index < -0.39 is 12.1 Å². The minimum atomic E-state index is -0.472. The van der Waals surface area contributed by atoms with Crippen molar-refractivity contribution in [2.24, 2.45) is 13.0 Å². The molecule has 1 aliphatic heterocycles. The van der Waals surface area contributed by atoms with E-state index in [9.17, 15) is 19.5 Å². The number of para-hydroxylation sites is 1. The maximum Gasteiger partial charge on any atom is 0.321 e. The molecule has 10 nitrogen and oxygen atoms in total. The second kappa shape index (κ2) is 13.8. The van der Waals surface area contributed by atoms with Gasteiger partial charge in [0.05, 0.1) is 36.9 Å². The van der Waals surface area contributed by atoms with Crippen LogP contribution in [0.2, 0.25) is 0 Å². The van der Waals surface area contributed by atoms with Gasteiger partial charge < -0.3 is 34.8 Å². The van der Waals surface area contributed by atoms with Crippen molar-refractivity contribution in [3.8, 4) is 5.75 Å². The largest absolute Gasteiger partial charge is 0.487 e. The molecule has 0 aliphatic carbocycles. The summed E-state index contributed by atoms with van der Waals surface area (Å²) in [5, 5.41) is 19.0. The van der Waals surface area contributed by atoms with E-state index in [1.54, 1.807) is 42.0 Å². The highest BCUT2D eigenvalue weighted by atomic mass is 16.5. The predicted octanol–water partition coefficient (Wildman–Crippen LogP) is 5.90. The van der Waals surface area contributed by atoms with Crippen molar-refractivity contribution in [3.05, 3.63) is 102 Å². The van der Waals surface area contributed by atoms with Crippen LogP contribution in [0, 0.1) is 5.92 Å². The molecule has 4 aromatic carbocycles. The Kier molecular flexibility index (Phi) is 9.36. The van der Waals surface area contributed by atoms with E-state index in [1.165, 1.54) is 0 Å². The zero-order valence-electron chi connectivity index (χ0n) is 27.6. The second-order valence-electron chi connectivity index (χ2n) is 12.7. The summed E-state index contributed by atoms with van der Waals surface area (Å²) in [7, 11) is 3.66. The molecule has 0 radical (unpaired) electrons. The first-order valence-corrected chi connectivity index (χ1v) is 16.2. The number of aliphatic hydroxyl groups is 1. The number of aromatic nitrogens is 1. The van der Waals surface area contributed by atoms with Gasteiger partial charge in [-0.05, 0) is 48.2 Å². The molecule has 3 N–H and O–H groups in total. The number of carbonyl (C=O) groups excluding carboxylic acids is 3. The fourth-order valence-corrected chi connectivity index (χ4v) is 6.36. The highest BCUT2D eigenvalue weighted by Crippen LogP contribution is 2.31. The first-order chi connectivity index (χ1) is 23.1. The Bertz CT molecular complexity index is 1980. The summed E-state index contributed by atoms with van der Waals surface area (Å²) in [6.07, 6.45) is 1.65. The average Bonchev–Trinajstić information content (AvgIpc) is 3.40. The standard InChI is InChI=1S/C38H41N5O5/c1-24-20-43(25(2)23-44)37(46)31-19-28(39-36(45)18-27-21-41(3)33-15-8-7-13-30(27)33)16-17-34(31)48-35(24)22-42(4)38(47)40-32-14-9-11-26-10-5-6-12-29(26)32/h5-17,19,21,24-25,35,44H,18,20,22-23H2,1-4H3,(H,39,45)(H,40,47)/t24-,25+,35+/m1/s1. The van der Waals surface area contributed by atoms with E-state index in [0.717, 1.165) is 27.2 Å². The molecule has 3 atom stereocenters. The van der Waals surface area contributed by atoms with E-state index in [2.05, 4.69) is 10.6 Å². The first-order valence-electron chi connectivity index (χ1n) is 16.2. The van der Waals surface area contributed by atoms with E-state index in [4.69, 9.17) is 4.74 Å². The van der Waals surface area contributed by atoms with Gasteiger partial charge in [0.2, 0.25) is 5.91 Å². The van der Waals surface area contributed by atoms with Crippen molar-refractivity contribution < 1.29 is 24.2 Å². The smallest absolute Gasteiger partial charge is 0.321 e. The summed E-state index contributed by atoms with van der Waals surface area (Å²) in [4.78, 5) is 43.7. The number of hydrogen-bond acceptors (Lipinski definition) is 5. The molecule has 5 aromatic rings. The lowest BCUT2D eigenvalue weighted by atomic mass is 9.99. The first kappa shape index (κ1) is 32.6. The normalized spacial score (nSPS) is 16.9. The lowest BCUT2D eigenvalue weighted by molar-refractivity contribution is -0.115. The van der Waals surface area contributed by atoms with Crippen LogP contribution in [-0.4, -0.2) is 76.2 Å². The number of amides is 4. The van der Waals surface area contributed by atoms with Gasteiger partial charge in [0.25, 0.3) is 5.91 Å². The van der Waals surface area contributed by atoms with E-state index in [0.29, 0.717) is 23.7 Å². The predicted molar refractivity (Wildman–Crippen MR) is 188 cm³/mol. The molecule has 4 amide bonds. The molecule has 6 rings (SSSR count). The highest BCUT2D eigenvalue weighted by molar-refractivity contribution is 6.02. The molecular formula is C38H41N5O5. The van der Waals surface area contributed by atoms with Crippen LogP contribution in [0.25, 0.3) is 21.7 Å². The molecule has 0 fully saturated rings. The number of rotatable bonds is 8. The van der Waals surface area contributed by atoms with Gasteiger partial charge in [-0.15, -0.1) is 0 Å². The number of nitrogens with one attached hydrogen (secondary N) is 2. The van der Waals surface area contributed by atoms with Crippen molar-refractivity contribution in [1.82, 2.24) is 14.4 Å². The van der Waals surface area contributed by atoms with Crippen LogP contribution in [0.3, 0.4) is 0 Å². The van der Waals surface area contributed by atoms with Crippen molar-refractivity contribution >= 4 is 50.9 Å². The zero-order chi connectivity index (χ0) is 33.9. The van der Waals surface area contributed by atoms with Crippen LogP contribution in [0.4, 0.5) is 16.2 Å². The molecule has 0 saturated carbocycles. The number of nitrogens with zero attached hydrogens (tertiary/aromatic N) is 3. The Hall–Kier alpha value is -5.35. The van der Waals surface area contributed by atoms with Crippen LogP contribution in [0.1, 0.15) is 29.8 Å². The lowest BCUT2D eigenvalue weighted by Crippen LogP contribution is -2.50. The number of ether oxygens (including phenoxy) is 1. The van der Waals surface area contributed by atoms with Crippen LogP contribution in [0.15, 0.2) is 91.1 Å². The molecule has 1 aliphatic rings. The zero-order valence-corrected chi connectivity index (χ0v) is 27.6. The molecule has 2 heterocycles. The Balaban J connectivity index is 1.22. The molecule has 0 bridgehead atoms. The monoisotopic (exact) mass is 647 g/mol. The van der Waals surface area contributed by atoms with Crippen molar-refractivity contribution in [2.45, 2.75) is 32.4 Å². The van der Waals surface area contributed by atoms with Gasteiger partial charge >= 0.3 is 6.03 Å². The maximum atomic E-state index is 13.9. The second-order valence-corrected chi connectivity index (χ2v) is 12.7. The van der Waals surface area contributed by atoms with Crippen LogP contribution < -0.4 is 15.4 Å². The van der Waals surface area contributed by atoms with Gasteiger partial charge in [-0.1, -0.05) is 61.5 Å². The van der Waals surface area contributed by atoms with Crippen LogP contribution in [-0.2, 0) is 18.3 Å². The third-order valence-electron chi connectivity index (χ3n) is 9.11. The van der Waals surface area contributed by atoms with Gasteiger partial charge in [0, 0.05) is 54.7 Å². The molecule has 0 spiro atoms. The molecule has 248 valence electrons. The molecule has 48 heavy (non-hydrogen) atoms. The molecule has 1 aromatic heterocycles. The summed E-state index contributed by atoms with van der Waals surface area (Å²) < 4.78 is 8.48. The van der Waals surface area contributed by atoms with Gasteiger partial charge in [-0.25, -0.2) is 4.79 Å². The fraction of sp³-hybridized carbons (Fsp3) is 0.289. The van der Waals surface area contributed by atoms with Crippen molar-refractivity contribution in [2.75, 3.05) is 37.4 Å². The maximum absolute atomic E-state index is 13.9. The van der Waals surface area contributed by atoms with E-state index >= 15 is 0 Å². The highest BCUT2D eigenvalue weighted by Gasteiger charge is 2.34. The van der Waals surface area contributed by atoms with Gasteiger partial charge in [0.1, 0.15) is 11.9 Å². The number of hydrogen-bond donors (Lipinski definition) is 3. The Morgan fingerprint density at radius 2 is 1.73 bits per heavy atom. The van der Waals surface area contributed by atoms with Gasteiger partial charge in [-0.3, -0.25) is 9.59 Å². The minimum Gasteiger partial charge on any atom is -0.487 e. The van der Waals surface area contributed by atoms with Crippen molar-refractivity contribution in [1.29, 1.82) is 0 Å². The lowest BCUT2D eigenvalue weighted by Gasteiger charge is -2.38. The molecule has 10 heteroatoms. The van der Waals surface area contributed by atoms with Crippen molar-refractivity contribution in [3.63, 3.8) is 0 Å². The number of benzene rings is 4. The molecule has 0 unspecified atom stereocenters. The van der Waals surface area contributed by atoms with Gasteiger partial charge in [-0.2, -0.15) is 0 Å². The third kappa shape index (κ3) is 6.70. The number of likely N-dealkylation sites (N-methyl/N-ethyl adjacent to an activating group) is 1. The Labute approximate surface area is 279 Å². The summed E-state index contributed by atoms with van der Waals surface area (Å²) >= 11 is 0. The Morgan fingerprint density at radius 3 is 2.52 bits per heavy atom. The topological polar surface area (TPSA) is 116 Å². The molecule has 0 saturated heterocycles. The summed E-state index contributed by atoms with van der Waals surface area (Å²) in [6.45, 7) is 4.10. The Morgan fingerprint density at radius 1 is 1.00 bits per heavy atom. The number of aliphatic hydroxyl groups excluding tert-OH is 1. The average molecular weight is 648 g/mol. The van der Waals surface area contributed by atoms with Crippen LogP contribution >= 0.6 is 0 Å². The summed E-state index contributed by atoms with van der Waals surface area (Å²) in [6, 6.07) is 25.9. The third-order valence-corrected chi connectivity index (χ3v) is 9.11. The summed E-state index contributed by atoms with van der Waals surface area (Å²) in [5.41, 5.74) is 3.40.